The molecule has 2 atom stereocenters. The fourth-order valence-corrected chi connectivity index (χ4v) is 2.03. The minimum atomic E-state index is -1.43. The van der Waals surface area contributed by atoms with E-state index in [0.29, 0.717) is 12.2 Å². The molecule has 0 aliphatic carbocycles. The van der Waals surface area contributed by atoms with E-state index in [1.54, 1.807) is 12.1 Å². The minimum absolute atomic E-state index is 0.0253. The predicted octanol–water partition coefficient (Wildman–Crippen LogP) is 1.13. The number of hydrogen-bond acceptors (Lipinski definition) is 3. The molecule has 2 N–H and O–H groups in total. The van der Waals surface area contributed by atoms with Gasteiger partial charge in [-0.15, -0.1) is 0 Å². The number of aliphatic carboxylic acids is 1. The Morgan fingerprint density at radius 1 is 1.50 bits per heavy atom. The second-order valence-electron chi connectivity index (χ2n) is 4.13. The molecule has 0 saturated heterocycles. The van der Waals surface area contributed by atoms with Crippen molar-refractivity contribution in [2.75, 3.05) is 6.61 Å². The molecule has 4 nitrogen and oxygen atoms in total. The van der Waals surface area contributed by atoms with Crippen molar-refractivity contribution in [2.45, 2.75) is 19.1 Å². The van der Waals surface area contributed by atoms with E-state index in [9.17, 15) is 9.90 Å². The summed E-state index contributed by atoms with van der Waals surface area (Å²) in [5, 5.41) is 19.5. The number of aliphatic hydroxyl groups is 1. The molecule has 0 spiro atoms. The quantitative estimate of drug-likeness (QED) is 0.787. The molecule has 4 heteroatoms. The van der Waals surface area contributed by atoms with Crippen LogP contribution < -0.4 is 0 Å². The van der Waals surface area contributed by atoms with E-state index in [4.69, 9.17) is 9.84 Å². The van der Waals surface area contributed by atoms with E-state index in [-0.39, 0.29) is 6.61 Å². The maximum Gasteiger partial charge on any atom is 0.309 e. The molecular weight excluding hydrogens is 208 g/mol. The summed E-state index contributed by atoms with van der Waals surface area (Å²) in [7, 11) is 0. The van der Waals surface area contributed by atoms with Crippen LogP contribution in [-0.2, 0) is 21.7 Å². The van der Waals surface area contributed by atoms with E-state index in [1.165, 1.54) is 6.92 Å². The molecule has 0 aromatic heterocycles. The van der Waals surface area contributed by atoms with Crippen LogP contribution >= 0.6 is 0 Å². The average molecular weight is 222 g/mol. The Labute approximate surface area is 93.5 Å². The van der Waals surface area contributed by atoms with Crippen LogP contribution in [0.25, 0.3) is 0 Å². The first kappa shape index (κ1) is 11.1. The SMILES string of the molecule is CC(C(=O)O)C1(O)COCc2ccccc21. The fraction of sp³-hybridized carbons (Fsp3) is 0.417. The first-order valence-corrected chi connectivity index (χ1v) is 5.17. The maximum absolute atomic E-state index is 11.0. The van der Waals surface area contributed by atoms with Crippen LogP contribution in [0.15, 0.2) is 24.3 Å². The van der Waals surface area contributed by atoms with Gasteiger partial charge in [-0.2, -0.15) is 0 Å². The van der Waals surface area contributed by atoms with E-state index >= 15 is 0 Å². The van der Waals surface area contributed by atoms with Crippen LogP contribution in [0.2, 0.25) is 0 Å². The summed E-state index contributed by atoms with van der Waals surface area (Å²) in [6.07, 6.45) is 0. The lowest BCUT2D eigenvalue weighted by atomic mass is 9.79. The second-order valence-corrected chi connectivity index (χ2v) is 4.13. The van der Waals surface area contributed by atoms with Crippen molar-refractivity contribution in [1.29, 1.82) is 0 Å². The highest BCUT2D eigenvalue weighted by atomic mass is 16.5. The summed E-state index contributed by atoms with van der Waals surface area (Å²) in [4.78, 5) is 11.0. The van der Waals surface area contributed by atoms with Gasteiger partial charge in [0.1, 0.15) is 5.60 Å². The van der Waals surface area contributed by atoms with Crippen LogP contribution in [0.3, 0.4) is 0 Å². The zero-order chi connectivity index (χ0) is 11.8. The molecule has 16 heavy (non-hydrogen) atoms. The smallest absolute Gasteiger partial charge is 0.309 e. The van der Waals surface area contributed by atoms with Crippen molar-refractivity contribution in [1.82, 2.24) is 0 Å². The first-order valence-electron chi connectivity index (χ1n) is 5.17. The first-order chi connectivity index (χ1) is 7.55. The van der Waals surface area contributed by atoms with Crippen LogP contribution in [0.1, 0.15) is 18.1 Å². The Bertz CT molecular complexity index is 415. The van der Waals surface area contributed by atoms with Gasteiger partial charge in [-0.05, 0) is 18.1 Å². The van der Waals surface area contributed by atoms with Gasteiger partial charge in [-0.3, -0.25) is 4.79 Å². The fourth-order valence-electron chi connectivity index (χ4n) is 2.03. The number of hydrogen-bond donors (Lipinski definition) is 2. The van der Waals surface area contributed by atoms with Crippen molar-refractivity contribution in [3.63, 3.8) is 0 Å². The van der Waals surface area contributed by atoms with Gasteiger partial charge in [0.15, 0.2) is 0 Å². The lowest BCUT2D eigenvalue weighted by Crippen LogP contribution is -2.45. The normalized spacial score (nSPS) is 25.9. The summed E-state index contributed by atoms with van der Waals surface area (Å²) < 4.78 is 5.27. The molecule has 0 bridgehead atoms. The molecule has 2 rings (SSSR count). The third-order valence-electron chi connectivity index (χ3n) is 3.15. The molecule has 1 aliphatic rings. The largest absolute Gasteiger partial charge is 0.481 e. The van der Waals surface area contributed by atoms with Gasteiger partial charge < -0.3 is 14.9 Å². The summed E-state index contributed by atoms with van der Waals surface area (Å²) in [5.41, 5.74) is 0.0845. The number of fused-ring (bicyclic) bond motifs is 1. The van der Waals surface area contributed by atoms with Gasteiger partial charge in [0, 0.05) is 0 Å². The second kappa shape index (κ2) is 3.88. The highest BCUT2D eigenvalue weighted by molar-refractivity contribution is 5.71. The molecule has 0 radical (unpaired) electrons. The molecule has 2 unspecified atom stereocenters. The summed E-state index contributed by atoms with van der Waals surface area (Å²) >= 11 is 0. The van der Waals surface area contributed by atoms with Crippen molar-refractivity contribution in [3.05, 3.63) is 35.4 Å². The minimum Gasteiger partial charge on any atom is -0.481 e. The zero-order valence-corrected chi connectivity index (χ0v) is 9.01. The van der Waals surface area contributed by atoms with E-state index in [2.05, 4.69) is 0 Å². The van der Waals surface area contributed by atoms with Gasteiger partial charge in [0.05, 0.1) is 19.1 Å². The Balaban J connectivity index is 2.48. The predicted molar refractivity (Wildman–Crippen MR) is 56.8 cm³/mol. The van der Waals surface area contributed by atoms with Gasteiger partial charge in [-0.25, -0.2) is 0 Å². The Morgan fingerprint density at radius 2 is 2.19 bits per heavy atom. The topological polar surface area (TPSA) is 66.8 Å². The average Bonchev–Trinajstić information content (AvgIpc) is 2.28. The molecule has 0 saturated carbocycles. The number of benzene rings is 1. The summed E-state index contributed by atoms with van der Waals surface area (Å²) in [5.74, 6) is -1.92. The molecule has 0 amide bonds. The number of carboxylic acid groups (broad SMARTS) is 1. The lowest BCUT2D eigenvalue weighted by molar-refractivity contribution is -0.161. The zero-order valence-electron chi connectivity index (χ0n) is 9.01. The Hall–Kier alpha value is -1.39. The lowest BCUT2D eigenvalue weighted by Gasteiger charge is -2.37. The molecule has 1 aliphatic heterocycles. The van der Waals surface area contributed by atoms with Crippen LogP contribution in [0, 0.1) is 5.92 Å². The van der Waals surface area contributed by atoms with Gasteiger partial charge >= 0.3 is 5.97 Å². The van der Waals surface area contributed by atoms with E-state index < -0.39 is 17.5 Å². The van der Waals surface area contributed by atoms with Crippen molar-refractivity contribution < 1.29 is 19.7 Å². The molecule has 1 heterocycles. The summed E-state index contributed by atoms with van der Waals surface area (Å²) in [6, 6.07) is 7.24. The Morgan fingerprint density at radius 3 is 2.88 bits per heavy atom. The van der Waals surface area contributed by atoms with Crippen LogP contribution in [0.5, 0.6) is 0 Å². The highest BCUT2D eigenvalue weighted by Gasteiger charge is 2.43. The standard InChI is InChI=1S/C12H14O4/c1-8(11(13)14)12(15)7-16-6-9-4-2-3-5-10(9)12/h2-5,8,15H,6-7H2,1H3,(H,13,14). The summed E-state index contributed by atoms with van der Waals surface area (Å²) in [6.45, 7) is 1.94. The van der Waals surface area contributed by atoms with Gasteiger partial charge in [-0.1, -0.05) is 24.3 Å². The van der Waals surface area contributed by atoms with Crippen LogP contribution in [0.4, 0.5) is 0 Å². The molecule has 0 fully saturated rings. The van der Waals surface area contributed by atoms with Crippen molar-refractivity contribution in [3.8, 4) is 0 Å². The van der Waals surface area contributed by atoms with Crippen molar-refractivity contribution >= 4 is 5.97 Å². The highest BCUT2D eigenvalue weighted by Crippen LogP contribution is 2.36. The number of carbonyl (C=O) groups is 1. The van der Waals surface area contributed by atoms with Gasteiger partial charge in [0.25, 0.3) is 0 Å². The third-order valence-corrected chi connectivity index (χ3v) is 3.15. The molecule has 1 aromatic rings. The third kappa shape index (κ3) is 1.60. The monoisotopic (exact) mass is 222 g/mol. The molecular formula is C12H14O4. The maximum atomic E-state index is 11.0. The van der Waals surface area contributed by atoms with E-state index in [0.717, 1.165) is 5.56 Å². The van der Waals surface area contributed by atoms with Crippen molar-refractivity contribution in [2.24, 2.45) is 5.92 Å². The molecule has 86 valence electrons. The van der Waals surface area contributed by atoms with E-state index in [1.807, 2.05) is 12.1 Å². The number of rotatable bonds is 2. The Kier molecular flexibility index (Phi) is 2.69. The number of ether oxygens (including phenoxy) is 1. The molecule has 1 aromatic carbocycles. The van der Waals surface area contributed by atoms with Gasteiger partial charge in [0.2, 0.25) is 0 Å². The number of carboxylic acids is 1. The van der Waals surface area contributed by atoms with Crippen LogP contribution in [-0.4, -0.2) is 22.8 Å².